The summed E-state index contributed by atoms with van der Waals surface area (Å²) in [6.07, 6.45) is 0.666. The summed E-state index contributed by atoms with van der Waals surface area (Å²) in [5.74, 6) is -0.263. The van der Waals surface area contributed by atoms with Crippen molar-refractivity contribution in [1.29, 1.82) is 0 Å². The highest BCUT2D eigenvalue weighted by Gasteiger charge is 2.36. The van der Waals surface area contributed by atoms with Gasteiger partial charge in [0.05, 0.1) is 24.1 Å². The Balaban J connectivity index is 1.94. The van der Waals surface area contributed by atoms with E-state index in [-0.39, 0.29) is 23.8 Å². The van der Waals surface area contributed by atoms with Crippen molar-refractivity contribution < 1.29 is 18.7 Å². The van der Waals surface area contributed by atoms with Crippen molar-refractivity contribution in [2.75, 3.05) is 27.4 Å². The van der Waals surface area contributed by atoms with Crippen LogP contribution in [0.1, 0.15) is 17.0 Å². The Morgan fingerprint density at radius 3 is 2.87 bits per heavy atom. The average molecular weight is 317 g/mol. The van der Waals surface area contributed by atoms with Crippen LogP contribution in [0.15, 0.2) is 39.5 Å². The summed E-state index contributed by atoms with van der Waals surface area (Å²) in [5.41, 5.74) is -0.503. The summed E-state index contributed by atoms with van der Waals surface area (Å²) in [6.45, 7) is 0.878. The maximum absolute atomic E-state index is 12.8. The molecule has 0 spiro atoms. The number of nitrogens with zero attached hydrogens (tertiary/aromatic N) is 1. The lowest BCUT2D eigenvalue weighted by Gasteiger charge is -2.23. The minimum Gasteiger partial charge on any atom is -0.417 e. The smallest absolute Gasteiger partial charge is 0.344 e. The molecular weight excluding hydrogens is 298 g/mol. The molecule has 1 saturated heterocycles. The van der Waals surface area contributed by atoms with Crippen LogP contribution in [0.25, 0.3) is 10.8 Å². The monoisotopic (exact) mass is 317 g/mol. The molecule has 3 rings (SSSR count). The van der Waals surface area contributed by atoms with Gasteiger partial charge >= 0.3 is 5.63 Å². The molecule has 0 bridgehead atoms. The molecule has 1 aromatic heterocycles. The Morgan fingerprint density at radius 1 is 1.35 bits per heavy atom. The van der Waals surface area contributed by atoms with E-state index in [1.54, 1.807) is 43.4 Å². The summed E-state index contributed by atoms with van der Waals surface area (Å²) < 4.78 is 15.8. The zero-order chi connectivity index (χ0) is 16.4. The van der Waals surface area contributed by atoms with Gasteiger partial charge in [0.25, 0.3) is 5.91 Å². The number of amides is 1. The van der Waals surface area contributed by atoms with Crippen molar-refractivity contribution in [3.05, 3.63) is 46.5 Å². The van der Waals surface area contributed by atoms with E-state index in [2.05, 4.69) is 0 Å². The van der Waals surface area contributed by atoms with E-state index in [1.807, 2.05) is 6.07 Å². The molecule has 6 nitrogen and oxygen atoms in total. The Morgan fingerprint density at radius 2 is 2.13 bits per heavy atom. The van der Waals surface area contributed by atoms with Crippen LogP contribution in [0.4, 0.5) is 0 Å². The summed E-state index contributed by atoms with van der Waals surface area (Å²) >= 11 is 0. The molecule has 2 atom stereocenters. The summed E-state index contributed by atoms with van der Waals surface area (Å²) in [5, 5.41) is 1.16. The second kappa shape index (κ2) is 6.52. The fourth-order valence-electron chi connectivity index (χ4n) is 3.02. The van der Waals surface area contributed by atoms with Gasteiger partial charge in [0, 0.05) is 20.8 Å². The van der Waals surface area contributed by atoms with E-state index < -0.39 is 5.63 Å². The number of benzene rings is 1. The quantitative estimate of drug-likeness (QED) is 0.858. The van der Waals surface area contributed by atoms with Crippen LogP contribution in [0.3, 0.4) is 0 Å². The van der Waals surface area contributed by atoms with Crippen LogP contribution in [-0.2, 0) is 9.47 Å². The third-order valence-corrected chi connectivity index (χ3v) is 4.21. The van der Waals surface area contributed by atoms with Gasteiger partial charge in [0.2, 0.25) is 0 Å². The molecule has 1 aliphatic heterocycles. The fourth-order valence-corrected chi connectivity index (χ4v) is 3.02. The van der Waals surface area contributed by atoms with Crippen molar-refractivity contribution in [3.63, 3.8) is 0 Å². The Bertz CT molecular complexity index is 769. The molecule has 0 unspecified atom stereocenters. The van der Waals surface area contributed by atoms with Crippen LogP contribution in [0.2, 0.25) is 0 Å². The number of carbonyl (C=O) groups excluding carboxylic acids is 1. The molecule has 2 aromatic rings. The maximum Gasteiger partial charge on any atom is 0.344 e. The van der Waals surface area contributed by atoms with Gasteiger partial charge in [0.15, 0.2) is 5.76 Å². The Hall–Kier alpha value is -2.18. The van der Waals surface area contributed by atoms with E-state index in [0.29, 0.717) is 30.3 Å². The van der Waals surface area contributed by atoms with Crippen molar-refractivity contribution >= 4 is 16.7 Å². The molecule has 1 fully saturated rings. The number of hydrogen-bond donors (Lipinski definition) is 0. The highest BCUT2D eigenvalue weighted by Crippen LogP contribution is 2.23. The van der Waals surface area contributed by atoms with E-state index >= 15 is 0 Å². The molecule has 23 heavy (non-hydrogen) atoms. The van der Waals surface area contributed by atoms with E-state index in [9.17, 15) is 9.59 Å². The van der Waals surface area contributed by atoms with Crippen LogP contribution < -0.4 is 5.63 Å². The summed E-state index contributed by atoms with van der Waals surface area (Å²) in [6, 6.07) is 8.58. The molecule has 1 aliphatic rings. The first-order chi connectivity index (χ1) is 11.1. The van der Waals surface area contributed by atoms with Gasteiger partial charge < -0.3 is 18.8 Å². The lowest BCUT2D eigenvalue weighted by atomic mass is 10.1. The van der Waals surface area contributed by atoms with Crippen LogP contribution in [-0.4, -0.2) is 50.3 Å². The van der Waals surface area contributed by atoms with Gasteiger partial charge in [-0.1, -0.05) is 18.2 Å². The lowest BCUT2D eigenvalue weighted by molar-refractivity contribution is 0.0578. The minimum absolute atomic E-state index is 0.0359. The van der Waals surface area contributed by atoms with Gasteiger partial charge in [-0.2, -0.15) is 0 Å². The molecular formula is C17H19NO5. The van der Waals surface area contributed by atoms with Crippen LogP contribution >= 0.6 is 0 Å². The first-order valence-electron chi connectivity index (χ1n) is 7.49. The SMILES string of the molecule is COC[C@@H]1C[C@H](OC)CN1C(=O)c1cc2ccccc2c(=O)o1. The Kier molecular flexibility index (Phi) is 4.45. The second-order valence-corrected chi connectivity index (χ2v) is 5.65. The fraction of sp³-hybridized carbons (Fsp3) is 0.412. The first kappa shape index (κ1) is 15.7. The molecule has 122 valence electrons. The standard InChI is InChI=1S/C17H19NO5/c1-21-10-12-8-13(22-2)9-18(12)16(19)15-7-11-5-3-4-6-14(11)17(20)23-15/h3-7,12-13H,8-10H2,1-2H3/t12-,13-/m0/s1. The first-order valence-corrected chi connectivity index (χ1v) is 7.49. The zero-order valence-electron chi connectivity index (χ0n) is 13.2. The number of rotatable bonds is 4. The van der Waals surface area contributed by atoms with E-state index in [4.69, 9.17) is 13.9 Å². The van der Waals surface area contributed by atoms with Gasteiger partial charge in [0.1, 0.15) is 0 Å². The molecule has 0 saturated carbocycles. The third-order valence-electron chi connectivity index (χ3n) is 4.21. The summed E-state index contributed by atoms with van der Waals surface area (Å²) in [7, 11) is 3.22. The van der Waals surface area contributed by atoms with E-state index in [1.165, 1.54) is 0 Å². The predicted molar refractivity (Wildman–Crippen MR) is 84.6 cm³/mol. The van der Waals surface area contributed by atoms with Crippen molar-refractivity contribution in [2.24, 2.45) is 0 Å². The lowest BCUT2D eigenvalue weighted by Crippen LogP contribution is -2.38. The van der Waals surface area contributed by atoms with Crippen LogP contribution in [0.5, 0.6) is 0 Å². The van der Waals surface area contributed by atoms with E-state index in [0.717, 1.165) is 0 Å². The van der Waals surface area contributed by atoms with Gasteiger partial charge in [-0.15, -0.1) is 0 Å². The molecule has 1 amide bonds. The molecule has 0 N–H and O–H groups in total. The Labute approximate surface area is 133 Å². The average Bonchev–Trinajstić information content (AvgIpc) is 2.97. The van der Waals surface area contributed by atoms with Gasteiger partial charge in [-0.05, 0) is 23.9 Å². The van der Waals surface area contributed by atoms with Crippen molar-refractivity contribution in [1.82, 2.24) is 4.90 Å². The summed E-state index contributed by atoms with van der Waals surface area (Å²) in [4.78, 5) is 26.5. The molecule has 1 aromatic carbocycles. The number of fused-ring (bicyclic) bond motifs is 1. The highest BCUT2D eigenvalue weighted by atomic mass is 16.5. The molecule has 6 heteroatoms. The number of hydrogen-bond acceptors (Lipinski definition) is 5. The highest BCUT2D eigenvalue weighted by molar-refractivity contribution is 5.95. The number of methoxy groups -OCH3 is 2. The van der Waals surface area contributed by atoms with Gasteiger partial charge in [-0.3, -0.25) is 4.79 Å². The number of likely N-dealkylation sites (tertiary alicyclic amines) is 1. The molecule has 2 heterocycles. The number of ether oxygens (including phenoxy) is 2. The zero-order valence-corrected chi connectivity index (χ0v) is 13.2. The second-order valence-electron chi connectivity index (χ2n) is 5.65. The third kappa shape index (κ3) is 3.00. The topological polar surface area (TPSA) is 69.0 Å². The van der Waals surface area contributed by atoms with Gasteiger partial charge in [-0.25, -0.2) is 4.79 Å². The molecule has 0 radical (unpaired) electrons. The maximum atomic E-state index is 12.8. The minimum atomic E-state index is -0.503. The number of carbonyl (C=O) groups is 1. The van der Waals surface area contributed by atoms with Crippen LogP contribution in [0, 0.1) is 0 Å². The van der Waals surface area contributed by atoms with Crippen molar-refractivity contribution in [3.8, 4) is 0 Å². The normalized spacial score (nSPS) is 21.0. The predicted octanol–water partition coefficient (Wildman–Crippen LogP) is 1.67. The van der Waals surface area contributed by atoms with Crippen molar-refractivity contribution in [2.45, 2.75) is 18.6 Å². The molecule has 0 aliphatic carbocycles. The largest absolute Gasteiger partial charge is 0.417 e.